The largest absolute Gasteiger partial charge is 0.493 e. The van der Waals surface area contributed by atoms with Gasteiger partial charge in [-0.05, 0) is 48.6 Å². The third-order valence-electron chi connectivity index (χ3n) is 5.97. The fourth-order valence-electron chi connectivity index (χ4n) is 4.36. The molecule has 2 aliphatic heterocycles. The number of hydrogen-bond acceptors (Lipinski definition) is 6. The van der Waals surface area contributed by atoms with Gasteiger partial charge in [-0.2, -0.15) is 0 Å². The summed E-state index contributed by atoms with van der Waals surface area (Å²) in [6.45, 7) is 0.794. The first kappa shape index (κ1) is 22.7. The van der Waals surface area contributed by atoms with Gasteiger partial charge in [-0.15, -0.1) is 0 Å². The highest BCUT2D eigenvalue weighted by Gasteiger charge is 2.44. The lowest BCUT2D eigenvalue weighted by atomic mass is 9.96. The number of carbonyl (C=O) groups is 2. The number of likely N-dealkylation sites (tertiary alicyclic amines) is 1. The fourth-order valence-corrected chi connectivity index (χ4v) is 4.36. The summed E-state index contributed by atoms with van der Waals surface area (Å²) in [7, 11) is 2.92. The molecule has 9 heteroatoms. The maximum atomic E-state index is 14.6. The molecule has 0 aliphatic carbocycles. The van der Waals surface area contributed by atoms with Gasteiger partial charge >= 0.3 is 0 Å². The Morgan fingerprint density at radius 1 is 1.03 bits per heavy atom. The van der Waals surface area contributed by atoms with Crippen molar-refractivity contribution in [3.63, 3.8) is 0 Å². The van der Waals surface area contributed by atoms with Crippen LogP contribution in [0.4, 0.5) is 14.5 Å². The van der Waals surface area contributed by atoms with E-state index in [1.807, 2.05) is 0 Å². The predicted octanol–water partition coefficient (Wildman–Crippen LogP) is 2.97. The van der Waals surface area contributed by atoms with Crippen LogP contribution in [0, 0.1) is 17.6 Å². The van der Waals surface area contributed by atoms with Crippen LogP contribution in [0.25, 0.3) is 5.57 Å². The zero-order chi connectivity index (χ0) is 23.7. The summed E-state index contributed by atoms with van der Waals surface area (Å²) >= 11 is 0. The molecule has 1 saturated heterocycles. The molecule has 2 heterocycles. The molecule has 1 N–H and O–H groups in total. The number of aliphatic hydroxyl groups is 1. The molecule has 0 spiro atoms. The number of benzene rings is 2. The molecular weight excluding hydrogens is 434 g/mol. The summed E-state index contributed by atoms with van der Waals surface area (Å²) < 4.78 is 39.1. The molecule has 2 aromatic rings. The van der Waals surface area contributed by atoms with Crippen LogP contribution in [0.5, 0.6) is 11.5 Å². The highest BCUT2D eigenvalue weighted by atomic mass is 19.1. The molecule has 174 valence electrons. The van der Waals surface area contributed by atoms with Gasteiger partial charge < -0.3 is 19.5 Å². The molecule has 0 radical (unpaired) electrons. The molecule has 2 amide bonds. The van der Waals surface area contributed by atoms with E-state index in [-0.39, 0.29) is 23.8 Å². The predicted molar refractivity (Wildman–Crippen MR) is 117 cm³/mol. The first-order valence-electron chi connectivity index (χ1n) is 10.6. The van der Waals surface area contributed by atoms with Crippen molar-refractivity contribution in [3.8, 4) is 11.5 Å². The molecule has 0 saturated carbocycles. The minimum absolute atomic E-state index is 0.0557. The third-order valence-corrected chi connectivity index (χ3v) is 5.97. The van der Waals surface area contributed by atoms with Gasteiger partial charge in [-0.3, -0.25) is 9.59 Å². The third kappa shape index (κ3) is 4.04. The van der Waals surface area contributed by atoms with Crippen LogP contribution in [-0.2, 0) is 9.59 Å². The Bertz CT molecular complexity index is 1130. The van der Waals surface area contributed by atoms with Crippen molar-refractivity contribution in [3.05, 3.63) is 59.3 Å². The number of carbonyl (C=O) groups excluding carboxylic acids is 2. The average Bonchev–Trinajstić information content (AvgIpc) is 3.09. The van der Waals surface area contributed by atoms with Crippen LogP contribution in [0.1, 0.15) is 18.4 Å². The zero-order valence-electron chi connectivity index (χ0n) is 18.3. The topological polar surface area (TPSA) is 79.3 Å². The lowest BCUT2D eigenvalue weighted by molar-refractivity contribution is -0.121. The first-order valence-corrected chi connectivity index (χ1v) is 10.6. The number of methoxy groups -OCH3 is 2. The van der Waals surface area contributed by atoms with E-state index in [2.05, 4.69) is 0 Å². The van der Waals surface area contributed by atoms with E-state index >= 15 is 0 Å². The van der Waals surface area contributed by atoms with E-state index in [9.17, 15) is 23.5 Å². The van der Waals surface area contributed by atoms with E-state index in [0.29, 0.717) is 41.5 Å². The number of hydrogen-bond donors (Lipinski definition) is 1. The van der Waals surface area contributed by atoms with Crippen molar-refractivity contribution >= 4 is 23.1 Å². The van der Waals surface area contributed by atoms with Crippen molar-refractivity contribution in [2.45, 2.75) is 12.8 Å². The Morgan fingerprint density at radius 2 is 1.79 bits per heavy atom. The Morgan fingerprint density at radius 3 is 2.48 bits per heavy atom. The summed E-state index contributed by atoms with van der Waals surface area (Å²) in [4.78, 5) is 29.5. The molecule has 1 unspecified atom stereocenters. The van der Waals surface area contributed by atoms with E-state index in [4.69, 9.17) is 9.47 Å². The maximum absolute atomic E-state index is 14.6. The van der Waals surface area contributed by atoms with Gasteiger partial charge in [0.1, 0.15) is 17.3 Å². The number of amides is 2. The second-order valence-electron chi connectivity index (χ2n) is 7.97. The van der Waals surface area contributed by atoms with Gasteiger partial charge in [0.15, 0.2) is 11.5 Å². The molecule has 2 aliphatic rings. The quantitative estimate of drug-likeness (QED) is 0.671. The molecule has 4 rings (SSSR count). The molecule has 1 atom stereocenters. The maximum Gasteiger partial charge on any atom is 0.282 e. The molecule has 0 aromatic heterocycles. The number of anilines is 1. The number of aliphatic hydroxyl groups excluding tert-OH is 1. The number of nitrogens with zero attached hydrogens (tertiary/aromatic N) is 2. The standard InChI is InChI=1S/C24H24F2N2O5/c1-32-19-8-5-15(10-20(19)33-2)21-22(27-9-3-4-14(12-27)13-29)24(31)28(23(21)30)18-11-16(25)6-7-17(18)26/h5-8,10-11,14,29H,3-4,9,12-13H2,1-2H3. The van der Waals surface area contributed by atoms with Crippen LogP contribution in [0.2, 0.25) is 0 Å². The van der Waals surface area contributed by atoms with Gasteiger partial charge in [-0.1, -0.05) is 6.07 Å². The van der Waals surface area contributed by atoms with Gasteiger partial charge in [0.2, 0.25) is 0 Å². The summed E-state index contributed by atoms with van der Waals surface area (Å²) in [5.74, 6) is -2.45. The zero-order valence-corrected chi connectivity index (χ0v) is 18.3. The summed E-state index contributed by atoms with van der Waals surface area (Å²) in [5, 5.41) is 9.65. The Hall–Kier alpha value is -3.46. The minimum atomic E-state index is -0.891. The van der Waals surface area contributed by atoms with E-state index in [1.54, 1.807) is 23.1 Å². The SMILES string of the molecule is COc1ccc(C2=C(N3CCCC(CO)C3)C(=O)N(c3cc(F)ccc3F)C2=O)cc1OC. The minimum Gasteiger partial charge on any atom is -0.493 e. The highest BCUT2D eigenvalue weighted by Crippen LogP contribution is 2.39. The molecule has 7 nitrogen and oxygen atoms in total. The normalized spacial score (nSPS) is 18.9. The second-order valence-corrected chi connectivity index (χ2v) is 7.97. The van der Waals surface area contributed by atoms with Crippen molar-refractivity contribution in [2.75, 3.05) is 38.8 Å². The van der Waals surface area contributed by atoms with Crippen LogP contribution < -0.4 is 14.4 Å². The molecule has 2 aromatic carbocycles. The van der Waals surface area contributed by atoms with Gasteiger partial charge in [0.05, 0.1) is 25.5 Å². The van der Waals surface area contributed by atoms with E-state index in [1.165, 1.54) is 14.2 Å². The fraction of sp³-hybridized carbons (Fsp3) is 0.333. The van der Waals surface area contributed by atoms with Gasteiger partial charge in [-0.25, -0.2) is 13.7 Å². The summed E-state index contributed by atoms with van der Waals surface area (Å²) in [6, 6.07) is 7.41. The van der Waals surface area contributed by atoms with Crippen molar-refractivity contribution in [1.29, 1.82) is 0 Å². The summed E-state index contributed by atoms with van der Waals surface area (Å²) in [5.41, 5.74) is 0.0809. The Kier molecular flexibility index (Phi) is 6.33. The molecular formula is C24H24F2N2O5. The first-order chi connectivity index (χ1) is 15.9. The number of ether oxygens (including phenoxy) is 2. The number of halogens is 2. The van der Waals surface area contributed by atoms with Gasteiger partial charge in [0.25, 0.3) is 11.8 Å². The van der Waals surface area contributed by atoms with Crippen LogP contribution in [0.15, 0.2) is 42.1 Å². The smallest absolute Gasteiger partial charge is 0.282 e. The van der Waals surface area contributed by atoms with Crippen LogP contribution >= 0.6 is 0 Å². The Labute approximate surface area is 189 Å². The summed E-state index contributed by atoms with van der Waals surface area (Å²) in [6.07, 6.45) is 1.50. The molecule has 33 heavy (non-hydrogen) atoms. The van der Waals surface area contributed by atoms with Crippen molar-refractivity contribution in [1.82, 2.24) is 4.90 Å². The molecule has 0 bridgehead atoms. The number of rotatable bonds is 6. The average molecular weight is 458 g/mol. The lowest BCUT2D eigenvalue weighted by Crippen LogP contribution is -2.40. The van der Waals surface area contributed by atoms with Gasteiger partial charge in [0, 0.05) is 25.8 Å². The van der Waals surface area contributed by atoms with E-state index in [0.717, 1.165) is 24.6 Å². The molecule has 1 fully saturated rings. The Balaban J connectivity index is 1.87. The lowest BCUT2D eigenvalue weighted by Gasteiger charge is -2.34. The number of piperidine rings is 1. The second kappa shape index (κ2) is 9.19. The monoisotopic (exact) mass is 458 g/mol. The van der Waals surface area contributed by atoms with Crippen LogP contribution in [0.3, 0.4) is 0 Å². The number of imide groups is 1. The van der Waals surface area contributed by atoms with Crippen molar-refractivity contribution < 1.29 is 33.0 Å². The highest BCUT2D eigenvalue weighted by molar-refractivity contribution is 6.45. The van der Waals surface area contributed by atoms with Crippen LogP contribution in [-0.4, -0.2) is 55.7 Å². The van der Waals surface area contributed by atoms with E-state index < -0.39 is 29.1 Å². The van der Waals surface area contributed by atoms with Crippen molar-refractivity contribution in [2.24, 2.45) is 5.92 Å².